The van der Waals surface area contributed by atoms with Gasteiger partial charge in [-0.1, -0.05) is 29.3 Å². The minimum absolute atomic E-state index is 0.0226. The second-order valence-electron chi connectivity index (χ2n) is 4.15. The molecule has 0 radical (unpaired) electrons. The van der Waals surface area contributed by atoms with E-state index in [1.807, 2.05) is 0 Å². The Labute approximate surface area is 130 Å². The van der Waals surface area contributed by atoms with Crippen LogP contribution in [0, 0.1) is 6.92 Å². The van der Waals surface area contributed by atoms with Crippen LogP contribution in [0.25, 0.3) is 0 Å². The summed E-state index contributed by atoms with van der Waals surface area (Å²) in [7, 11) is 0. The number of carbonyl (C=O) groups excluding carboxylic acids is 2. The van der Waals surface area contributed by atoms with Crippen molar-refractivity contribution in [2.45, 2.75) is 6.92 Å². The summed E-state index contributed by atoms with van der Waals surface area (Å²) in [6.07, 6.45) is 1.34. The van der Waals surface area contributed by atoms with E-state index in [1.165, 1.54) is 12.3 Å². The van der Waals surface area contributed by atoms with Gasteiger partial charge >= 0.3 is 5.97 Å². The maximum atomic E-state index is 11.8. The topological polar surface area (TPSA) is 68.5 Å². The Morgan fingerprint density at radius 1 is 1.29 bits per heavy atom. The van der Waals surface area contributed by atoms with E-state index >= 15 is 0 Å². The Balaban J connectivity index is 1.97. The van der Waals surface area contributed by atoms with Gasteiger partial charge in [0.1, 0.15) is 0 Å². The third kappa shape index (κ3) is 3.77. The second-order valence-corrected chi connectivity index (χ2v) is 4.94. The van der Waals surface area contributed by atoms with E-state index < -0.39 is 18.5 Å². The third-order valence-corrected chi connectivity index (χ3v) is 3.41. The Morgan fingerprint density at radius 2 is 2.05 bits per heavy atom. The van der Waals surface area contributed by atoms with Crippen LogP contribution in [-0.2, 0) is 9.53 Å². The summed E-state index contributed by atoms with van der Waals surface area (Å²) in [5.74, 6) is -1.25. The smallest absolute Gasteiger partial charge is 0.374 e. The summed E-state index contributed by atoms with van der Waals surface area (Å²) < 4.78 is 9.65. The molecule has 1 heterocycles. The molecule has 5 nitrogen and oxygen atoms in total. The largest absolute Gasteiger partial charge is 0.457 e. The van der Waals surface area contributed by atoms with Gasteiger partial charge in [-0.15, -0.1) is 0 Å². The fourth-order valence-corrected chi connectivity index (χ4v) is 2.01. The lowest BCUT2D eigenvalue weighted by Gasteiger charge is -2.11. The molecule has 110 valence electrons. The third-order valence-electron chi connectivity index (χ3n) is 2.61. The van der Waals surface area contributed by atoms with E-state index in [0.29, 0.717) is 10.0 Å². The van der Waals surface area contributed by atoms with Crippen LogP contribution in [0.5, 0.6) is 0 Å². The van der Waals surface area contributed by atoms with Gasteiger partial charge in [-0.05, 0) is 30.7 Å². The number of rotatable bonds is 4. The van der Waals surface area contributed by atoms with Crippen molar-refractivity contribution in [1.29, 1.82) is 0 Å². The van der Waals surface area contributed by atoms with Crippen molar-refractivity contribution >= 4 is 40.8 Å². The fraction of sp³-hybridized carbons (Fsp3) is 0.143. The first-order valence-corrected chi connectivity index (χ1v) is 6.69. The van der Waals surface area contributed by atoms with Crippen molar-refractivity contribution in [3.05, 3.63) is 51.9 Å². The van der Waals surface area contributed by atoms with Crippen molar-refractivity contribution < 1.29 is 18.7 Å². The molecule has 0 saturated carbocycles. The molecule has 21 heavy (non-hydrogen) atoms. The van der Waals surface area contributed by atoms with Crippen LogP contribution in [0.3, 0.4) is 0 Å². The maximum absolute atomic E-state index is 11.8. The van der Waals surface area contributed by atoms with Crippen LogP contribution in [0.4, 0.5) is 5.69 Å². The number of esters is 1. The van der Waals surface area contributed by atoms with Crippen molar-refractivity contribution in [2.24, 2.45) is 0 Å². The number of amides is 1. The molecular formula is C14H11Cl2NO4. The molecule has 0 atom stereocenters. The fourth-order valence-electron chi connectivity index (χ4n) is 1.54. The number of ether oxygens (including phenoxy) is 1. The zero-order valence-electron chi connectivity index (χ0n) is 11.0. The van der Waals surface area contributed by atoms with Crippen molar-refractivity contribution in [3.63, 3.8) is 0 Å². The lowest BCUT2D eigenvalue weighted by atomic mass is 10.2. The first-order valence-electron chi connectivity index (χ1n) is 5.94. The molecule has 2 aromatic rings. The van der Waals surface area contributed by atoms with Crippen LogP contribution >= 0.6 is 23.2 Å². The number of aryl methyl sites for hydroxylation is 1. The molecular weight excluding hydrogens is 317 g/mol. The number of hydrogen-bond donors (Lipinski definition) is 1. The Kier molecular flexibility index (Phi) is 4.88. The number of furan rings is 1. The van der Waals surface area contributed by atoms with E-state index in [4.69, 9.17) is 32.4 Å². The highest BCUT2D eigenvalue weighted by Crippen LogP contribution is 2.32. The number of hydrogen-bond acceptors (Lipinski definition) is 4. The highest BCUT2D eigenvalue weighted by molar-refractivity contribution is 6.40. The molecule has 1 aromatic carbocycles. The van der Waals surface area contributed by atoms with E-state index in [-0.39, 0.29) is 11.4 Å². The monoisotopic (exact) mass is 327 g/mol. The van der Waals surface area contributed by atoms with Crippen LogP contribution in [0.2, 0.25) is 10.0 Å². The van der Waals surface area contributed by atoms with E-state index in [9.17, 15) is 9.59 Å². The molecule has 1 N–H and O–H groups in total. The van der Waals surface area contributed by atoms with Crippen LogP contribution in [0.1, 0.15) is 16.1 Å². The highest BCUT2D eigenvalue weighted by Gasteiger charge is 2.15. The van der Waals surface area contributed by atoms with Crippen molar-refractivity contribution in [3.8, 4) is 0 Å². The summed E-state index contributed by atoms with van der Waals surface area (Å²) >= 11 is 12.0. The summed E-state index contributed by atoms with van der Waals surface area (Å²) in [4.78, 5) is 23.3. The average Bonchev–Trinajstić information content (AvgIpc) is 2.99. The highest BCUT2D eigenvalue weighted by atomic mass is 35.5. The SMILES string of the molecule is Cc1ccc(Cl)c(NC(=O)COC(=O)c2ccco2)c1Cl. The molecule has 0 saturated heterocycles. The van der Waals surface area contributed by atoms with Crippen LogP contribution in [-0.4, -0.2) is 18.5 Å². The van der Waals surface area contributed by atoms with Gasteiger partial charge in [0.25, 0.3) is 5.91 Å². The molecule has 0 spiro atoms. The molecule has 0 aliphatic heterocycles. The van der Waals surface area contributed by atoms with Gasteiger partial charge < -0.3 is 14.5 Å². The molecule has 0 unspecified atom stereocenters. The first kappa shape index (κ1) is 15.4. The zero-order chi connectivity index (χ0) is 15.4. The number of halogens is 2. The van der Waals surface area contributed by atoms with Gasteiger partial charge in [0.15, 0.2) is 6.61 Å². The number of nitrogens with one attached hydrogen (secondary N) is 1. The minimum atomic E-state index is -0.725. The quantitative estimate of drug-likeness (QED) is 0.869. The first-order chi connectivity index (χ1) is 9.99. The molecule has 1 amide bonds. The molecule has 2 rings (SSSR count). The van der Waals surface area contributed by atoms with E-state index in [2.05, 4.69) is 5.32 Å². The lowest BCUT2D eigenvalue weighted by Crippen LogP contribution is -2.21. The lowest BCUT2D eigenvalue weighted by molar-refractivity contribution is -0.119. The molecule has 0 aliphatic rings. The van der Waals surface area contributed by atoms with Gasteiger partial charge in [0, 0.05) is 0 Å². The number of carbonyl (C=O) groups is 2. The maximum Gasteiger partial charge on any atom is 0.374 e. The predicted molar refractivity (Wildman–Crippen MR) is 78.8 cm³/mol. The van der Waals surface area contributed by atoms with Crippen molar-refractivity contribution in [1.82, 2.24) is 0 Å². The predicted octanol–water partition coefficient (Wildman–Crippen LogP) is 3.69. The summed E-state index contributed by atoms with van der Waals surface area (Å²) in [5.41, 5.74) is 1.06. The molecule has 7 heteroatoms. The Morgan fingerprint density at radius 3 is 2.71 bits per heavy atom. The number of anilines is 1. The normalized spacial score (nSPS) is 10.2. The van der Waals surface area contributed by atoms with Gasteiger partial charge in [-0.25, -0.2) is 4.79 Å². The van der Waals surface area contributed by atoms with Crippen LogP contribution in [0.15, 0.2) is 34.9 Å². The van der Waals surface area contributed by atoms with E-state index in [0.717, 1.165) is 5.56 Å². The van der Waals surface area contributed by atoms with Gasteiger partial charge in [-0.2, -0.15) is 0 Å². The Bertz CT molecular complexity index is 668. The van der Waals surface area contributed by atoms with Gasteiger partial charge in [0.05, 0.1) is 22.0 Å². The summed E-state index contributed by atoms with van der Waals surface area (Å²) in [6, 6.07) is 6.34. The zero-order valence-corrected chi connectivity index (χ0v) is 12.5. The molecule has 1 aromatic heterocycles. The van der Waals surface area contributed by atoms with Gasteiger partial charge in [0.2, 0.25) is 5.76 Å². The summed E-state index contributed by atoms with van der Waals surface area (Å²) in [5, 5.41) is 3.15. The molecule has 0 aliphatic carbocycles. The molecule has 0 fully saturated rings. The second kappa shape index (κ2) is 6.65. The Hall–Kier alpha value is -1.98. The summed E-state index contributed by atoms with van der Waals surface area (Å²) in [6.45, 7) is 1.31. The van der Waals surface area contributed by atoms with E-state index in [1.54, 1.807) is 25.1 Å². The van der Waals surface area contributed by atoms with Crippen molar-refractivity contribution in [2.75, 3.05) is 11.9 Å². The van der Waals surface area contributed by atoms with Crippen LogP contribution < -0.4 is 5.32 Å². The standard InChI is InChI=1S/C14H11Cl2NO4/c1-8-4-5-9(15)13(12(8)16)17-11(18)7-21-14(19)10-3-2-6-20-10/h2-6H,7H2,1H3,(H,17,18). The van der Waals surface area contributed by atoms with Gasteiger partial charge in [-0.3, -0.25) is 4.79 Å². The minimum Gasteiger partial charge on any atom is -0.457 e. The number of benzene rings is 1. The molecule has 0 bridgehead atoms. The average molecular weight is 328 g/mol.